The van der Waals surface area contributed by atoms with Gasteiger partial charge in [0.1, 0.15) is 5.82 Å². The third-order valence-corrected chi connectivity index (χ3v) is 4.66. The maximum absolute atomic E-state index is 4.35. The van der Waals surface area contributed by atoms with Crippen molar-refractivity contribution in [3.8, 4) is 0 Å². The summed E-state index contributed by atoms with van der Waals surface area (Å²) >= 11 is 3.14. The molecule has 1 fully saturated rings. The largest absolute Gasteiger partial charge is 0.310 e. The van der Waals surface area contributed by atoms with Gasteiger partial charge in [-0.1, -0.05) is 23.9 Å². The van der Waals surface area contributed by atoms with E-state index in [2.05, 4.69) is 38.9 Å². The summed E-state index contributed by atoms with van der Waals surface area (Å²) in [7, 11) is 0. The Morgan fingerprint density at radius 3 is 2.72 bits per heavy atom. The quantitative estimate of drug-likeness (QED) is 0.910. The maximum atomic E-state index is 4.35. The zero-order valence-electron chi connectivity index (χ0n) is 10.2. The first-order valence-corrected chi connectivity index (χ1v) is 7.69. The molecule has 3 rings (SSSR count). The molecule has 1 heterocycles. The molecule has 5 heteroatoms. The van der Waals surface area contributed by atoms with Gasteiger partial charge >= 0.3 is 0 Å². The number of aromatic nitrogens is 2. The van der Waals surface area contributed by atoms with E-state index in [1.54, 1.807) is 11.8 Å². The first-order chi connectivity index (χ1) is 8.79. The standard InChI is InChI=1S/C13H15N3S2/c1-9-15-13(18-16-9)17-12-6-2-10(3-7-12)8-14-11-4-5-11/h2-3,6-7,11,14H,4-5,8H2,1H3. The molecule has 0 spiro atoms. The molecule has 1 aliphatic rings. The van der Waals surface area contributed by atoms with Crippen molar-refractivity contribution in [2.45, 2.75) is 41.6 Å². The molecule has 0 bridgehead atoms. The van der Waals surface area contributed by atoms with Crippen molar-refractivity contribution in [2.75, 3.05) is 0 Å². The molecule has 3 nitrogen and oxygen atoms in total. The predicted molar refractivity (Wildman–Crippen MR) is 75.1 cm³/mol. The summed E-state index contributed by atoms with van der Waals surface area (Å²) in [4.78, 5) is 5.58. The van der Waals surface area contributed by atoms with Crippen molar-refractivity contribution in [3.63, 3.8) is 0 Å². The van der Waals surface area contributed by atoms with E-state index in [0.717, 1.165) is 22.8 Å². The molecule has 0 atom stereocenters. The highest BCUT2D eigenvalue weighted by Gasteiger charge is 2.19. The van der Waals surface area contributed by atoms with Gasteiger partial charge in [0.25, 0.3) is 0 Å². The van der Waals surface area contributed by atoms with Crippen LogP contribution < -0.4 is 5.32 Å². The summed E-state index contributed by atoms with van der Waals surface area (Å²) in [5.74, 6) is 0.854. The lowest BCUT2D eigenvalue weighted by atomic mass is 10.2. The Kier molecular flexibility index (Phi) is 3.63. The van der Waals surface area contributed by atoms with Crippen molar-refractivity contribution in [1.82, 2.24) is 14.7 Å². The molecule has 1 aliphatic carbocycles. The molecular formula is C13H15N3S2. The minimum Gasteiger partial charge on any atom is -0.310 e. The van der Waals surface area contributed by atoms with E-state index < -0.39 is 0 Å². The van der Waals surface area contributed by atoms with Crippen LogP contribution in [-0.2, 0) is 6.54 Å². The summed E-state index contributed by atoms with van der Waals surface area (Å²) in [6.07, 6.45) is 2.68. The highest BCUT2D eigenvalue weighted by molar-refractivity contribution is 8.01. The summed E-state index contributed by atoms with van der Waals surface area (Å²) in [5, 5.41) is 3.52. The Morgan fingerprint density at radius 1 is 1.33 bits per heavy atom. The minimum atomic E-state index is 0.767. The Morgan fingerprint density at radius 2 is 2.11 bits per heavy atom. The Bertz CT molecular complexity index is 517. The molecule has 1 N–H and O–H groups in total. The van der Waals surface area contributed by atoms with E-state index in [9.17, 15) is 0 Å². The predicted octanol–water partition coefficient (Wildman–Crippen LogP) is 3.25. The number of nitrogens with one attached hydrogen (secondary N) is 1. The van der Waals surface area contributed by atoms with Crippen molar-refractivity contribution in [1.29, 1.82) is 0 Å². The second-order valence-electron chi connectivity index (χ2n) is 4.51. The molecule has 1 aromatic carbocycles. The van der Waals surface area contributed by atoms with Crippen LogP contribution in [0.2, 0.25) is 0 Å². The van der Waals surface area contributed by atoms with Crippen LogP contribution in [0.4, 0.5) is 0 Å². The molecule has 94 valence electrons. The van der Waals surface area contributed by atoms with Gasteiger partial charge in [-0.3, -0.25) is 0 Å². The molecule has 0 radical (unpaired) electrons. The lowest BCUT2D eigenvalue weighted by Gasteiger charge is -2.03. The lowest BCUT2D eigenvalue weighted by molar-refractivity contribution is 0.687. The Hall–Kier alpha value is -0.910. The molecule has 2 aromatic rings. The van der Waals surface area contributed by atoms with Gasteiger partial charge in [0.15, 0.2) is 4.34 Å². The van der Waals surface area contributed by atoms with E-state index in [1.807, 2.05) is 6.92 Å². The lowest BCUT2D eigenvalue weighted by Crippen LogP contribution is -2.14. The SMILES string of the molecule is Cc1nsc(Sc2ccc(CNC3CC3)cc2)n1. The zero-order chi connectivity index (χ0) is 12.4. The van der Waals surface area contributed by atoms with Crippen LogP contribution >= 0.6 is 23.3 Å². The normalized spacial score (nSPS) is 14.9. The Labute approximate surface area is 115 Å². The van der Waals surface area contributed by atoms with E-state index in [0.29, 0.717) is 0 Å². The monoisotopic (exact) mass is 277 g/mol. The van der Waals surface area contributed by atoms with Crippen LogP contribution in [0.15, 0.2) is 33.5 Å². The average molecular weight is 277 g/mol. The van der Waals surface area contributed by atoms with Gasteiger partial charge in [0, 0.05) is 17.5 Å². The second-order valence-corrected chi connectivity index (χ2v) is 6.58. The van der Waals surface area contributed by atoms with Crippen LogP contribution in [0, 0.1) is 6.92 Å². The van der Waals surface area contributed by atoms with Crippen LogP contribution in [0.25, 0.3) is 0 Å². The first-order valence-electron chi connectivity index (χ1n) is 6.10. The van der Waals surface area contributed by atoms with Gasteiger partial charge in [-0.05, 0) is 49.0 Å². The number of benzene rings is 1. The van der Waals surface area contributed by atoms with E-state index in [4.69, 9.17) is 0 Å². The van der Waals surface area contributed by atoms with Crippen LogP contribution in [0.1, 0.15) is 24.2 Å². The molecule has 0 unspecified atom stereocenters. The molecule has 0 aliphatic heterocycles. The van der Waals surface area contributed by atoms with Crippen molar-refractivity contribution >= 4 is 23.3 Å². The number of rotatable bonds is 5. The topological polar surface area (TPSA) is 37.8 Å². The first kappa shape index (κ1) is 12.1. The van der Waals surface area contributed by atoms with E-state index in [1.165, 1.54) is 34.8 Å². The zero-order valence-corrected chi connectivity index (χ0v) is 11.9. The van der Waals surface area contributed by atoms with Gasteiger partial charge < -0.3 is 5.32 Å². The Balaban J connectivity index is 1.59. The molecule has 1 aromatic heterocycles. The molecule has 1 saturated carbocycles. The maximum Gasteiger partial charge on any atom is 0.174 e. The smallest absolute Gasteiger partial charge is 0.174 e. The van der Waals surface area contributed by atoms with Gasteiger partial charge in [-0.25, -0.2) is 4.98 Å². The average Bonchev–Trinajstić information content (AvgIpc) is 3.12. The van der Waals surface area contributed by atoms with Crippen molar-refractivity contribution < 1.29 is 0 Å². The highest BCUT2D eigenvalue weighted by atomic mass is 32.2. The molecule has 0 amide bonds. The van der Waals surface area contributed by atoms with Crippen LogP contribution in [0.3, 0.4) is 0 Å². The molecular weight excluding hydrogens is 262 g/mol. The van der Waals surface area contributed by atoms with Gasteiger partial charge in [-0.15, -0.1) is 0 Å². The van der Waals surface area contributed by atoms with Crippen LogP contribution in [-0.4, -0.2) is 15.4 Å². The van der Waals surface area contributed by atoms with Gasteiger partial charge in [0.05, 0.1) is 0 Å². The van der Waals surface area contributed by atoms with Crippen molar-refractivity contribution in [2.24, 2.45) is 0 Å². The fraction of sp³-hybridized carbons (Fsp3) is 0.385. The number of aryl methyl sites for hydroxylation is 1. The van der Waals surface area contributed by atoms with E-state index in [-0.39, 0.29) is 0 Å². The number of hydrogen-bond donors (Lipinski definition) is 1. The molecule has 18 heavy (non-hydrogen) atoms. The van der Waals surface area contributed by atoms with E-state index >= 15 is 0 Å². The van der Waals surface area contributed by atoms with Crippen LogP contribution in [0.5, 0.6) is 0 Å². The summed E-state index contributed by atoms with van der Waals surface area (Å²) in [5.41, 5.74) is 1.35. The fourth-order valence-electron chi connectivity index (χ4n) is 1.65. The minimum absolute atomic E-state index is 0.767. The number of hydrogen-bond acceptors (Lipinski definition) is 5. The summed E-state index contributed by atoms with van der Waals surface area (Å²) in [6.45, 7) is 2.90. The third kappa shape index (κ3) is 3.31. The van der Waals surface area contributed by atoms with Crippen molar-refractivity contribution in [3.05, 3.63) is 35.7 Å². The third-order valence-electron chi connectivity index (χ3n) is 2.81. The fourth-order valence-corrected chi connectivity index (χ4v) is 3.27. The number of nitrogens with zero attached hydrogens (tertiary/aromatic N) is 2. The van der Waals surface area contributed by atoms with Gasteiger partial charge in [-0.2, -0.15) is 4.37 Å². The summed E-state index contributed by atoms with van der Waals surface area (Å²) in [6, 6.07) is 9.46. The highest BCUT2D eigenvalue weighted by Crippen LogP contribution is 2.29. The summed E-state index contributed by atoms with van der Waals surface area (Å²) < 4.78 is 5.20. The van der Waals surface area contributed by atoms with Gasteiger partial charge in [0.2, 0.25) is 0 Å². The second kappa shape index (κ2) is 5.38. The molecule has 0 saturated heterocycles.